The summed E-state index contributed by atoms with van der Waals surface area (Å²) in [5.74, 6) is 0. The fraction of sp³-hybridized carbons (Fsp3) is 0.500. The van der Waals surface area contributed by atoms with Gasteiger partial charge in [-0.3, -0.25) is 0 Å². The van der Waals surface area contributed by atoms with Gasteiger partial charge in [0.05, 0.1) is 6.61 Å². The summed E-state index contributed by atoms with van der Waals surface area (Å²) in [4.78, 5) is 3.91. The van der Waals surface area contributed by atoms with E-state index < -0.39 is 0 Å². The Morgan fingerprint density at radius 2 is 2.14 bits per heavy atom. The van der Waals surface area contributed by atoms with Gasteiger partial charge in [-0.1, -0.05) is 11.6 Å². The third kappa shape index (κ3) is 3.16. The molecule has 3 nitrogen and oxygen atoms in total. The van der Waals surface area contributed by atoms with Gasteiger partial charge in [-0.25, -0.2) is 4.98 Å². The maximum atomic E-state index is 9.08. The van der Waals surface area contributed by atoms with Gasteiger partial charge in [-0.2, -0.15) is 0 Å². The van der Waals surface area contributed by atoms with Crippen LogP contribution in [0.3, 0.4) is 0 Å². The smallest absolute Gasteiger partial charge is 0.131 e. The molecule has 4 heteroatoms. The van der Waals surface area contributed by atoms with Crippen molar-refractivity contribution >= 4 is 17.3 Å². The van der Waals surface area contributed by atoms with Crippen molar-refractivity contribution in [3.05, 3.63) is 23.0 Å². The normalized spacial score (nSPS) is 11.5. The van der Waals surface area contributed by atoms with Crippen molar-refractivity contribution in [1.82, 2.24) is 4.98 Å². The van der Waals surface area contributed by atoms with Crippen LogP contribution in [0.5, 0.6) is 0 Å². The van der Waals surface area contributed by atoms with Crippen LogP contribution in [0.2, 0.25) is 5.15 Å². The zero-order valence-corrected chi connectivity index (χ0v) is 9.39. The van der Waals surface area contributed by atoms with Crippen LogP contribution in [-0.4, -0.2) is 15.6 Å². The Bertz CT molecular complexity index is 320. The van der Waals surface area contributed by atoms with Gasteiger partial charge in [-0.05, 0) is 26.8 Å². The van der Waals surface area contributed by atoms with E-state index in [2.05, 4.69) is 10.3 Å². The summed E-state index contributed by atoms with van der Waals surface area (Å²) < 4.78 is 0. The van der Waals surface area contributed by atoms with Crippen LogP contribution in [0, 0.1) is 0 Å². The molecule has 0 aliphatic rings. The molecule has 1 aromatic heterocycles. The molecule has 0 radical (unpaired) electrons. The van der Waals surface area contributed by atoms with Crippen LogP contribution < -0.4 is 5.32 Å². The highest BCUT2D eigenvalue weighted by Gasteiger charge is 2.12. The fourth-order valence-electron chi connectivity index (χ4n) is 1.10. The summed E-state index contributed by atoms with van der Waals surface area (Å²) >= 11 is 5.77. The van der Waals surface area contributed by atoms with Crippen LogP contribution in [-0.2, 0) is 6.61 Å². The molecule has 0 fully saturated rings. The van der Waals surface area contributed by atoms with Crippen molar-refractivity contribution in [2.75, 3.05) is 5.32 Å². The molecule has 0 aliphatic heterocycles. The molecule has 1 aromatic rings. The first-order chi connectivity index (χ1) is 6.42. The Morgan fingerprint density at radius 1 is 1.50 bits per heavy atom. The van der Waals surface area contributed by atoms with Crippen LogP contribution >= 0.6 is 11.6 Å². The van der Waals surface area contributed by atoms with Gasteiger partial charge in [0.2, 0.25) is 0 Å². The standard InChI is InChI=1S/C10H15ClN2O/c1-10(2,3)13-8-4-9(11)12-5-7(8)6-14/h4-5,14H,6H2,1-3H3,(H,12,13). The number of halogens is 1. The van der Waals surface area contributed by atoms with Crippen molar-refractivity contribution in [2.45, 2.75) is 32.9 Å². The van der Waals surface area contributed by atoms with E-state index in [-0.39, 0.29) is 12.1 Å². The number of aliphatic hydroxyl groups is 1. The lowest BCUT2D eigenvalue weighted by Gasteiger charge is -2.23. The second kappa shape index (κ2) is 4.15. The van der Waals surface area contributed by atoms with Crippen molar-refractivity contribution in [2.24, 2.45) is 0 Å². The molecule has 78 valence electrons. The molecule has 0 spiro atoms. The molecule has 0 amide bonds. The highest BCUT2D eigenvalue weighted by molar-refractivity contribution is 6.29. The lowest BCUT2D eigenvalue weighted by Crippen LogP contribution is -2.26. The lowest BCUT2D eigenvalue weighted by atomic mass is 10.1. The summed E-state index contributed by atoms with van der Waals surface area (Å²) in [6.07, 6.45) is 1.58. The minimum atomic E-state index is -0.0609. The summed E-state index contributed by atoms with van der Waals surface area (Å²) in [5, 5.41) is 12.8. The molecular weight excluding hydrogens is 200 g/mol. The van der Waals surface area contributed by atoms with Crippen molar-refractivity contribution in [3.63, 3.8) is 0 Å². The highest BCUT2D eigenvalue weighted by atomic mass is 35.5. The fourth-order valence-corrected chi connectivity index (χ4v) is 1.26. The number of rotatable bonds is 2. The van der Waals surface area contributed by atoms with Gasteiger partial charge < -0.3 is 10.4 Å². The zero-order valence-electron chi connectivity index (χ0n) is 8.63. The number of aliphatic hydroxyl groups excluding tert-OH is 1. The first-order valence-corrected chi connectivity index (χ1v) is 4.83. The van der Waals surface area contributed by atoms with Crippen molar-refractivity contribution < 1.29 is 5.11 Å². The lowest BCUT2D eigenvalue weighted by molar-refractivity contribution is 0.282. The number of pyridine rings is 1. The highest BCUT2D eigenvalue weighted by Crippen LogP contribution is 2.22. The molecule has 1 heterocycles. The average Bonchev–Trinajstić information content (AvgIpc) is 2.01. The molecular formula is C10H15ClN2O. The van der Waals surface area contributed by atoms with Gasteiger partial charge in [-0.15, -0.1) is 0 Å². The quantitative estimate of drug-likeness (QED) is 0.744. The SMILES string of the molecule is CC(C)(C)Nc1cc(Cl)ncc1CO. The van der Waals surface area contributed by atoms with E-state index in [0.29, 0.717) is 5.15 Å². The second-order valence-corrected chi connectivity index (χ2v) is 4.58. The van der Waals surface area contributed by atoms with E-state index in [1.54, 1.807) is 12.3 Å². The Balaban J connectivity index is 2.99. The minimum Gasteiger partial charge on any atom is -0.392 e. The molecule has 0 unspecified atom stereocenters. The van der Waals surface area contributed by atoms with Gasteiger partial charge in [0.25, 0.3) is 0 Å². The minimum absolute atomic E-state index is 0.0391. The van der Waals surface area contributed by atoms with E-state index in [4.69, 9.17) is 16.7 Å². The third-order valence-corrected chi connectivity index (χ3v) is 1.84. The van der Waals surface area contributed by atoms with Crippen LogP contribution in [0.15, 0.2) is 12.3 Å². The molecule has 14 heavy (non-hydrogen) atoms. The van der Waals surface area contributed by atoms with E-state index in [9.17, 15) is 0 Å². The Kier molecular flexibility index (Phi) is 3.34. The number of hydrogen-bond donors (Lipinski definition) is 2. The van der Waals surface area contributed by atoms with E-state index in [1.165, 1.54) is 0 Å². The van der Waals surface area contributed by atoms with Crippen LogP contribution in [0.25, 0.3) is 0 Å². The second-order valence-electron chi connectivity index (χ2n) is 4.20. The van der Waals surface area contributed by atoms with Gasteiger partial charge in [0, 0.05) is 23.0 Å². The van der Waals surface area contributed by atoms with E-state index in [1.807, 2.05) is 20.8 Å². The van der Waals surface area contributed by atoms with Crippen molar-refractivity contribution in [3.8, 4) is 0 Å². The average molecular weight is 215 g/mol. The van der Waals surface area contributed by atoms with Gasteiger partial charge >= 0.3 is 0 Å². The maximum Gasteiger partial charge on any atom is 0.131 e. The van der Waals surface area contributed by atoms with Crippen LogP contribution in [0.1, 0.15) is 26.3 Å². The number of nitrogens with zero attached hydrogens (tertiary/aromatic N) is 1. The molecule has 0 atom stereocenters. The summed E-state index contributed by atoms with van der Waals surface area (Å²) in [6, 6.07) is 1.72. The zero-order chi connectivity index (χ0) is 10.8. The molecule has 0 aliphatic carbocycles. The number of hydrogen-bond acceptors (Lipinski definition) is 3. The molecule has 1 rings (SSSR count). The predicted molar refractivity (Wildman–Crippen MR) is 58.5 cm³/mol. The number of anilines is 1. The largest absolute Gasteiger partial charge is 0.392 e. The summed E-state index contributed by atoms with van der Waals surface area (Å²) in [5.41, 5.74) is 1.53. The molecule has 0 aromatic carbocycles. The first-order valence-electron chi connectivity index (χ1n) is 4.46. The van der Waals surface area contributed by atoms with E-state index >= 15 is 0 Å². The molecule has 0 saturated carbocycles. The van der Waals surface area contributed by atoms with E-state index in [0.717, 1.165) is 11.3 Å². The van der Waals surface area contributed by atoms with Crippen LogP contribution in [0.4, 0.5) is 5.69 Å². The summed E-state index contributed by atoms with van der Waals surface area (Å²) in [6.45, 7) is 6.09. The maximum absolute atomic E-state index is 9.08. The number of nitrogens with one attached hydrogen (secondary N) is 1. The van der Waals surface area contributed by atoms with Gasteiger partial charge in [0.15, 0.2) is 0 Å². The molecule has 2 N–H and O–H groups in total. The predicted octanol–water partition coefficient (Wildman–Crippen LogP) is 2.44. The monoisotopic (exact) mass is 214 g/mol. The summed E-state index contributed by atoms with van der Waals surface area (Å²) in [7, 11) is 0. The van der Waals surface area contributed by atoms with Crippen molar-refractivity contribution in [1.29, 1.82) is 0 Å². The number of aromatic nitrogens is 1. The van der Waals surface area contributed by atoms with Gasteiger partial charge in [0.1, 0.15) is 5.15 Å². The Morgan fingerprint density at radius 3 is 2.64 bits per heavy atom. The topological polar surface area (TPSA) is 45.2 Å². The molecule has 0 bridgehead atoms. The Labute approximate surface area is 89.1 Å². The first kappa shape index (κ1) is 11.3. The molecule has 0 saturated heterocycles. The Hall–Kier alpha value is -0.800. The third-order valence-electron chi connectivity index (χ3n) is 1.63.